The molecule has 1 amide bonds. The van der Waals surface area contributed by atoms with E-state index in [0.29, 0.717) is 5.91 Å². The molecule has 1 fully saturated rings. The van der Waals surface area contributed by atoms with E-state index in [1.54, 1.807) is 0 Å². The van der Waals surface area contributed by atoms with Crippen LogP contribution in [0.3, 0.4) is 0 Å². The molecule has 0 radical (unpaired) electrons. The summed E-state index contributed by atoms with van der Waals surface area (Å²) in [6.45, 7) is 13.1. The number of amides is 1. The van der Waals surface area contributed by atoms with Crippen LogP contribution in [-0.4, -0.2) is 41.9 Å². The van der Waals surface area contributed by atoms with Crippen molar-refractivity contribution in [3.8, 4) is 0 Å². The number of carbonyl (C=O) groups excluding carboxylic acids is 1. The number of hydrogen-bond donors (Lipinski definition) is 0. The van der Waals surface area contributed by atoms with Crippen LogP contribution >= 0.6 is 0 Å². The summed E-state index contributed by atoms with van der Waals surface area (Å²) in [6.07, 6.45) is 2.17. The molecule has 1 saturated heterocycles. The van der Waals surface area contributed by atoms with E-state index in [1.165, 1.54) is 16.7 Å². The molecule has 0 aromatic heterocycles. The van der Waals surface area contributed by atoms with E-state index in [9.17, 15) is 4.79 Å². The van der Waals surface area contributed by atoms with E-state index in [2.05, 4.69) is 50.8 Å². The van der Waals surface area contributed by atoms with E-state index in [1.807, 2.05) is 4.90 Å². The van der Waals surface area contributed by atoms with Crippen LogP contribution in [0.4, 0.5) is 0 Å². The zero-order valence-corrected chi connectivity index (χ0v) is 14.6. The predicted molar refractivity (Wildman–Crippen MR) is 91.8 cm³/mol. The maximum absolute atomic E-state index is 12.6. The highest BCUT2D eigenvalue weighted by Crippen LogP contribution is 2.22. The number of hydrogen-bond acceptors (Lipinski definition) is 2. The van der Waals surface area contributed by atoms with Gasteiger partial charge in [0.05, 0.1) is 5.92 Å². The van der Waals surface area contributed by atoms with Crippen LogP contribution in [0.25, 0.3) is 0 Å². The number of benzene rings is 1. The zero-order valence-electron chi connectivity index (χ0n) is 14.6. The topological polar surface area (TPSA) is 23.6 Å². The maximum Gasteiger partial charge on any atom is 0.226 e. The van der Waals surface area contributed by atoms with Gasteiger partial charge in [-0.05, 0) is 58.2 Å². The van der Waals surface area contributed by atoms with Crippen molar-refractivity contribution < 1.29 is 4.79 Å². The second-order valence-corrected chi connectivity index (χ2v) is 6.51. The fourth-order valence-electron chi connectivity index (χ4n) is 3.41. The van der Waals surface area contributed by atoms with Gasteiger partial charge < -0.3 is 4.90 Å². The molecule has 0 aliphatic carbocycles. The highest BCUT2D eigenvalue weighted by Gasteiger charge is 2.28. The molecule has 0 spiro atoms. The number of aryl methyl sites for hydroxylation is 2. The van der Waals surface area contributed by atoms with Crippen LogP contribution in [0.1, 0.15) is 43.4 Å². The minimum absolute atomic E-state index is 0.179. The monoisotopic (exact) mass is 302 g/mol. The lowest BCUT2D eigenvalue weighted by Gasteiger charge is -2.34. The molecule has 1 aromatic carbocycles. The van der Waals surface area contributed by atoms with Gasteiger partial charge in [0.2, 0.25) is 5.91 Å². The first-order chi connectivity index (χ1) is 10.5. The zero-order chi connectivity index (χ0) is 16.1. The molecule has 3 nitrogen and oxygen atoms in total. The lowest BCUT2D eigenvalue weighted by molar-refractivity contribution is -0.137. The highest BCUT2D eigenvalue weighted by atomic mass is 16.2. The predicted octanol–water partition coefficient (Wildman–Crippen LogP) is 3.38. The Morgan fingerprint density at radius 1 is 1.27 bits per heavy atom. The van der Waals surface area contributed by atoms with E-state index >= 15 is 0 Å². The number of piperidine rings is 1. The van der Waals surface area contributed by atoms with Crippen LogP contribution < -0.4 is 0 Å². The first-order valence-corrected chi connectivity index (χ1v) is 8.62. The number of carbonyl (C=O) groups is 1. The summed E-state index contributed by atoms with van der Waals surface area (Å²) < 4.78 is 0. The Kier molecular flexibility index (Phi) is 6.01. The average molecular weight is 302 g/mol. The lowest BCUT2D eigenvalue weighted by atomic mass is 9.95. The lowest BCUT2D eigenvalue weighted by Crippen LogP contribution is -2.44. The molecule has 1 heterocycles. The molecule has 1 aliphatic heterocycles. The summed E-state index contributed by atoms with van der Waals surface area (Å²) in [4.78, 5) is 17.0. The molecule has 2 rings (SSSR count). The van der Waals surface area contributed by atoms with Gasteiger partial charge in [-0.3, -0.25) is 9.69 Å². The SMILES string of the molecule is CCN(CC)C(=O)[C@@H]1CCCN(Cc2cc(C)ccc2C)C1. The van der Waals surface area contributed by atoms with Crippen LogP contribution in [0.5, 0.6) is 0 Å². The quantitative estimate of drug-likeness (QED) is 0.832. The van der Waals surface area contributed by atoms with Gasteiger partial charge >= 0.3 is 0 Å². The highest BCUT2D eigenvalue weighted by molar-refractivity contribution is 5.79. The van der Waals surface area contributed by atoms with E-state index in [0.717, 1.165) is 45.6 Å². The van der Waals surface area contributed by atoms with Gasteiger partial charge in [0, 0.05) is 26.2 Å². The maximum atomic E-state index is 12.6. The first-order valence-electron chi connectivity index (χ1n) is 8.62. The molecule has 0 saturated carbocycles. The largest absolute Gasteiger partial charge is 0.343 e. The molecule has 0 unspecified atom stereocenters. The van der Waals surface area contributed by atoms with Crippen LogP contribution in [0, 0.1) is 19.8 Å². The Morgan fingerprint density at radius 2 is 2.00 bits per heavy atom. The Bertz CT molecular complexity index is 508. The van der Waals surface area contributed by atoms with Gasteiger partial charge in [-0.2, -0.15) is 0 Å². The van der Waals surface area contributed by atoms with Crippen molar-refractivity contribution in [1.82, 2.24) is 9.80 Å². The standard InChI is InChI=1S/C19H30N2O/c1-5-21(6-2)19(22)17-8-7-11-20(13-17)14-18-12-15(3)9-10-16(18)4/h9-10,12,17H,5-8,11,13-14H2,1-4H3/t17-/m1/s1. The third-order valence-electron chi connectivity index (χ3n) is 4.83. The number of rotatable bonds is 5. The van der Waals surface area contributed by atoms with Gasteiger partial charge in [-0.25, -0.2) is 0 Å². The van der Waals surface area contributed by atoms with Crippen molar-refractivity contribution >= 4 is 5.91 Å². The molecule has 122 valence electrons. The molecule has 22 heavy (non-hydrogen) atoms. The Labute approximate surface area is 135 Å². The Morgan fingerprint density at radius 3 is 2.68 bits per heavy atom. The molecular formula is C19H30N2O. The van der Waals surface area contributed by atoms with Crippen LogP contribution in [0.15, 0.2) is 18.2 Å². The molecule has 3 heteroatoms. The fraction of sp³-hybridized carbons (Fsp3) is 0.632. The summed E-state index contributed by atoms with van der Waals surface area (Å²) in [5.74, 6) is 0.523. The van der Waals surface area contributed by atoms with Gasteiger partial charge in [-0.15, -0.1) is 0 Å². The summed E-state index contributed by atoms with van der Waals surface area (Å²) in [7, 11) is 0. The van der Waals surface area contributed by atoms with Crippen LogP contribution in [-0.2, 0) is 11.3 Å². The minimum Gasteiger partial charge on any atom is -0.343 e. The number of likely N-dealkylation sites (tertiary alicyclic amines) is 1. The molecule has 1 atom stereocenters. The van der Waals surface area contributed by atoms with Gasteiger partial charge in [0.15, 0.2) is 0 Å². The summed E-state index contributed by atoms with van der Waals surface area (Å²) in [5, 5.41) is 0. The third-order valence-corrected chi connectivity index (χ3v) is 4.83. The van der Waals surface area contributed by atoms with E-state index in [4.69, 9.17) is 0 Å². The van der Waals surface area contributed by atoms with Crippen molar-refractivity contribution in [1.29, 1.82) is 0 Å². The molecular weight excluding hydrogens is 272 g/mol. The summed E-state index contributed by atoms with van der Waals surface area (Å²) in [6, 6.07) is 6.65. The molecule has 0 N–H and O–H groups in total. The van der Waals surface area contributed by atoms with E-state index in [-0.39, 0.29) is 5.92 Å². The molecule has 1 aromatic rings. The molecule has 1 aliphatic rings. The van der Waals surface area contributed by atoms with Gasteiger partial charge in [0.1, 0.15) is 0 Å². The average Bonchev–Trinajstić information content (AvgIpc) is 2.52. The Hall–Kier alpha value is -1.35. The fourth-order valence-corrected chi connectivity index (χ4v) is 3.41. The molecule has 0 bridgehead atoms. The van der Waals surface area contributed by atoms with Crippen molar-refractivity contribution in [3.05, 3.63) is 34.9 Å². The Balaban J connectivity index is 2.01. The normalized spacial score (nSPS) is 19.2. The van der Waals surface area contributed by atoms with E-state index < -0.39 is 0 Å². The first kappa shape index (κ1) is 17.0. The van der Waals surface area contributed by atoms with Crippen LogP contribution in [0.2, 0.25) is 0 Å². The van der Waals surface area contributed by atoms with Gasteiger partial charge in [0.25, 0.3) is 0 Å². The second kappa shape index (κ2) is 7.77. The minimum atomic E-state index is 0.179. The van der Waals surface area contributed by atoms with Crippen molar-refractivity contribution in [2.24, 2.45) is 5.92 Å². The summed E-state index contributed by atoms with van der Waals surface area (Å²) in [5.41, 5.74) is 4.06. The summed E-state index contributed by atoms with van der Waals surface area (Å²) >= 11 is 0. The van der Waals surface area contributed by atoms with Gasteiger partial charge in [-0.1, -0.05) is 23.8 Å². The third kappa shape index (κ3) is 4.10. The van der Waals surface area contributed by atoms with Crippen molar-refractivity contribution in [2.75, 3.05) is 26.2 Å². The van der Waals surface area contributed by atoms with Crippen molar-refractivity contribution in [3.63, 3.8) is 0 Å². The smallest absolute Gasteiger partial charge is 0.226 e. The second-order valence-electron chi connectivity index (χ2n) is 6.51. The number of nitrogens with zero attached hydrogens (tertiary/aromatic N) is 2. The van der Waals surface area contributed by atoms with Crippen molar-refractivity contribution in [2.45, 2.75) is 47.1 Å².